The molecular weight excluding hydrogens is 188 g/mol. The number of allylic oxidation sites excluding steroid dienone is 1. The Morgan fingerprint density at radius 2 is 2.07 bits per heavy atom. The van der Waals surface area contributed by atoms with Crippen LogP contribution in [0.3, 0.4) is 0 Å². The lowest BCUT2D eigenvalue weighted by molar-refractivity contribution is 0.317. The van der Waals surface area contributed by atoms with Gasteiger partial charge in [-0.05, 0) is 51.0 Å². The number of phenols is 1. The summed E-state index contributed by atoms with van der Waals surface area (Å²) in [5.74, 6) is 0.799. The lowest BCUT2D eigenvalue weighted by Crippen LogP contribution is -1.93. The van der Waals surface area contributed by atoms with Gasteiger partial charge in [-0.15, -0.1) is 0 Å². The largest absolute Gasteiger partial charge is 0.504 e. The highest BCUT2D eigenvalue weighted by Crippen LogP contribution is 2.31. The molecule has 1 N–H and O–H groups in total. The summed E-state index contributed by atoms with van der Waals surface area (Å²) < 4.78 is 5.36. The topological polar surface area (TPSA) is 29.5 Å². The second kappa shape index (κ2) is 4.87. The molecule has 0 saturated carbocycles. The molecule has 0 aliphatic carbocycles. The fraction of sp³-hybridized carbons (Fsp3) is 0.385. The van der Waals surface area contributed by atoms with Gasteiger partial charge in [-0.1, -0.05) is 11.6 Å². The van der Waals surface area contributed by atoms with E-state index in [2.05, 4.69) is 6.08 Å². The molecule has 0 aliphatic heterocycles. The van der Waals surface area contributed by atoms with E-state index in [1.807, 2.05) is 39.8 Å². The molecule has 0 spiro atoms. The van der Waals surface area contributed by atoms with Crippen molar-refractivity contribution in [2.24, 2.45) is 0 Å². The van der Waals surface area contributed by atoms with Crippen molar-refractivity contribution in [1.29, 1.82) is 0 Å². The molecule has 0 heterocycles. The summed E-state index contributed by atoms with van der Waals surface area (Å²) in [5.41, 5.74) is 3.13. The van der Waals surface area contributed by atoms with Gasteiger partial charge in [0.15, 0.2) is 11.5 Å². The first-order valence-corrected chi connectivity index (χ1v) is 5.16. The molecule has 0 saturated heterocycles. The summed E-state index contributed by atoms with van der Waals surface area (Å²) in [6.45, 7) is 8.43. The van der Waals surface area contributed by atoms with Gasteiger partial charge in [-0.25, -0.2) is 0 Å². The van der Waals surface area contributed by atoms with E-state index in [-0.39, 0.29) is 5.75 Å². The van der Waals surface area contributed by atoms with Crippen LogP contribution in [-0.4, -0.2) is 11.7 Å². The summed E-state index contributed by atoms with van der Waals surface area (Å²) in [4.78, 5) is 0. The van der Waals surface area contributed by atoms with Crippen LogP contribution in [0.1, 0.15) is 31.9 Å². The van der Waals surface area contributed by atoms with Crippen molar-refractivity contribution in [3.8, 4) is 11.5 Å². The molecule has 0 radical (unpaired) electrons. The van der Waals surface area contributed by atoms with Gasteiger partial charge in [-0.2, -0.15) is 0 Å². The van der Waals surface area contributed by atoms with E-state index in [4.69, 9.17) is 4.74 Å². The van der Waals surface area contributed by atoms with Crippen LogP contribution in [0.25, 0.3) is 6.08 Å². The highest BCUT2D eigenvalue weighted by atomic mass is 16.5. The predicted molar refractivity (Wildman–Crippen MR) is 63.3 cm³/mol. The van der Waals surface area contributed by atoms with Crippen LogP contribution < -0.4 is 4.74 Å². The minimum Gasteiger partial charge on any atom is -0.504 e. The van der Waals surface area contributed by atoms with Crippen LogP contribution in [0.5, 0.6) is 11.5 Å². The van der Waals surface area contributed by atoms with Crippen LogP contribution in [-0.2, 0) is 0 Å². The number of benzene rings is 1. The predicted octanol–water partition coefficient (Wildman–Crippen LogP) is 3.52. The van der Waals surface area contributed by atoms with Crippen molar-refractivity contribution in [2.75, 3.05) is 6.61 Å². The molecule has 0 bridgehead atoms. The fourth-order valence-corrected chi connectivity index (χ4v) is 1.46. The average molecular weight is 206 g/mol. The SMILES string of the molecule is CCOc1cc(C=C(C)C)cc(C)c1O. The summed E-state index contributed by atoms with van der Waals surface area (Å²) in [6, 6.07) is 3.81. The number of rotatable bonds is 3. The number of hydrogen-bond donors (Lipinski definition) is 1. The Hall–Kier alpha value is -1.44. The van der Waals surface area contributed by atoms with Gasteiger partial charge in [0.25, 0.3) is 0 Å². The molecule has 0 aliphatic rings. The molecular formula is C13H18O2. The Morgan fingerprint density at radius 3 is 2.60 bits per heavy atom. The molecule has 2 heteroatoms. The van der Waals surface area contributed by atoms with E-state index >= 15 is 0 Å². The van der Waals surface area contributed by atoms with Gasteiger partial charge in [0, 0.05) is 0 Å². The molecule has 1 aromatic carbocycles. The summed E-state index contributed by atoms with van der Waals surface area (Å²) in [6.07, 6.45) is 2.06. The molecule has 0 fully saturated rings. The van der Waals surface area contributed by atoms with Gasteiger partial charge >= 0.3 is 0 Å². The number of hydrogen-bond acceptors (Lipinski definition) is 2. The van der Waals surface area contributed by atoms with Crippen molar-refractivity contribution in [2.45, 2.75) is 27.7 Å². The average Bonchev–Trinajstić information content (AvgIpc) is 2.12. The van der Waals surface area contributed by atoms with Crippen molar-refractivity contribution in [3.05, 3.63) is 28.8 Å². The van der Waals surface area contributed by atoms with Crippen LogP contribution in [0.2, 0.25) is 0 Å². The molecule has 15 heavy (non-hydrogen) atoms. The molecule has 0 unspecified atom stereocenters. The molecule has 1 aromatic rings. The van der Waals surface area contributed by atoms with E-state index in [0.717, 1.165) is 11.1 Å². The minimum absolute atomic E-state index is 0.239. The second-order valence-corrected chi connectivity index (χ2v) is 3.84. The molecule has 0 amide bonds. The molecule has 0 atom stereocenters. The van der Waals surface area contributed by atoms with Gasteiger partial charge in [0.2, 0.25) is 0 Å². The van der Waals surface area contributed by atoms with Gasteiger partial charge < -0.3 is 9.84 Å². The van der Waals surface area contributed by atoms with Crippen molar-refractivity contribution < 1.29 is 9.84 Å². The number of phenolic OH excluding ortho intramolecular Hbond substituents is 1. The highest BCUT2D eigenvalue weighted by molar-refractivity contribution is 5.59. The fourth-order valence-electron chi connectivity index (χ4n) is 1.46. The zero-order valence-corrected chi connectivity index (χ0v) is 9.79. The maximum Gasteiger partial charge on any atom is 0.161 e. The van der Waals surface area contributed by atoms with Crippen molar-refractivity contribution in [1.82, 2.24) is 0 Å². The lowest BCUT2D eigenvalue weighted by atomic mass is 10.1. The second-order valence-electron chi connectivity index (χ2n) is 3.84. The zero-order valence-electron chi connectivity index (χ0n) is 9.79. The van der Waals surface area contributed by atoms with Gasteiger partial charge in [0.05, 0.1) is 6.61 Å². The summed E-state index contributed by atoms with van der Waals surface area (Å²) in [5, 5.41) is 9.74. The Labute approximate surface area is 91.2 Å². The smallest absolute Gasteiger partial charge is 0.161 e. The van der Waals surface area contributed by atoms with E-state index in [9.17, 15) is 5.11 Å². The van der Waals surface area contributed by atoms with E-state index in [0.29, 0.717) is 12.4 Å². The maximum atomic E-state index is 9.74. The normalized spacial score (nSPS) is 9.87. The third-order valence-corrected chi connectivity index (χ3v) is 2.04. The van der Waals surface area contributed by atoms with Gasteiger partial charge in [-0.3, -0.25) is 0 Å². The Balaban J connectivity index is 3.17. The van der Waals surface area contributed by atoms with Crippen LogP contribution in [0, 0.1) is 6.92 Å². The molecule has 1 rings (SSSR count). The first-order chi connectivity index (χ1) is 7.04. The Kier molecular flexibility index (Phi) is 3.78. The monoisotopic (exact) mass is 206 g/mol. The first-order valence-electron chi connectivity index (χ1n) is 5.16. The van der Waals surface area contributed by atoms with E-state index in [1.165, 1.54) is 5.57 Å². The first kappa shape index (κ1) is 11.6. The molecule has 2 nitrogen and oxygen atoms in total. The summed E-state index contributed by atoms with van der Waals surface area (Å²) in [7, 11) is 0. The maximum absolute atomic E-state index is 9.74. The highest BCUT2D eigenvalue weighted by Gasteiger charge is 2.06. The zero-order chi connectivity index (χ0) is 11.4. The van der Waals surface area contributed by atoms with Crippen molar-refractivity contribution >= 4 is 6.08 Å². The Bertz CT molecular complexity index is 374. The van der Waals surface area contributed by atoms with Crippen LogP contribution in [0.15, 0.2) is 17.7 Å². The summed E-state index contributed by atoms with van der Waals surface area (Å²) >= 11 is 0. The Morgan fingerprint density at radius 1 is 1.40 bits per heavy atom. The quantitative estimate of drug-likeness (QED) is 0.819. The standard InChI is InChI=1S/C13H18O2/c1-5-15-12-8-11(6-9(2)3)7-10(4)13(12)14/h6-8,14H,5H2,1-4H3. The van der Waals surface area contributed by atoms with E-state index in [1.54, 1.807) is 0 Å². The number of aromatic hydroxyl groups is 1. The third kappa shape index (κ3) is 3.01. The van der Waals surface area contributed by atoms with Crippen LogP contribution in [0.4, 0.5) is 0 Å². The lowest BCUT2D eigenvalue weighted by Gasteiger charge is -2.09. The molecule has 0 aromatic heterocycles. The van der Waals surface area contributed by atoms with Crippen molar-refractivity contribution in [3.63, 3.8) is 0 Å². The minimum atomic E-state index is 0.239. The third-order valence-electron chi connectivity index (χ3n) is 2.04. The van der Waals surface area contributed by atoms with Crippen LogP contribution >= 0.6 is 0 Å². The van der Waals surface area contributed by atoms with E-state index < -0.39 is 0 Å². The van der Waals surface area contributed by atoms with Gasteiger partial charge in [0.1, 0.15) is 0 Å². The number of aryl methyl sites for hydroxylation is 1. The molecule has 82 valence electrons. The number of ether oxygens (including phenoxy) is 1.